The fourth-order valence-corrected chi connectivity index (χ4v) is 3.62. The summed E-state index contributed by atoms with van der Waals surface area (Å²) in [6.45, 7) is 2.03. The minimum absolute atomic E-state index is 0.122. The first-order chi connectivity index (χ1) is 11.2. The molecule has 0 amide bonds. The second-order valence-electron chi connectivity index (χ2n) is 6.34. The van der Waals surface area contributed by atoms with Crippen LogP contribution < -0.4 is 5.63 Å². The SMILES string of the molecule is CC[C@H](c1ccccc1)c1c(O)c2c(oc1=O)CCCCCC2. The van der Waals surface area contributed by atoms with Gasteiger partial charge < -0.3 is 9.52 Å². The first-order valence-corrected chi connectivity index (χ1v) is 8.65. The molecule has 3 rings (SSSR count). The zero-order valence-electron chi connectivity index (χ0n) is 13.7. The average Bonchev–Trinajstić information content (AvgIpc) is 2.54. The smallest absolute Gasteiger partial charge is 0.343 e. The van der Waals surface area contributed by atoms with Crippen LogP contribution in [0.2, 0.25) is 0 Å². The molecule has 0 saturated heterocycles. The number of hydrogen-bond acceptors (Lipinski definition) is 3. The Morgan fingerprint density at radius 3 is 2.48 bits per heavy atom. The average molecular weight is 312 g/mol. The summed E-state index contributed by atoms with van der Waals surface area (Å²) in [6.07, 6.45) is 6.68. The third kappa shape index (κ3) is 3.19. The number of rotatable bonds is 3. The highest BCUT2D eigenvalue weighted by atomic mass is 16.4. The van der Waals surface area contributed by atoms with Crippen molar-refractivity contribution in [2.75, 3.05) is 0 Å². The summed E-state index contributed by atoms with van der Waals surface area (Å²) in [5.41, 5.74) is 1.95. The number of aromatic hydroxyl groups is 1. The molecule has 0 saturated carbocycles. The van der Waals surface area contributed by atoms with Crippen LogP contribution in [0.5, 0.6) is 5.75 Å². The molecule has 122 valence electrons. The molecule has 0 bridgehead atoms. The van der Waals surface area contributed by atoms with Crippen molar-refractivity contribution in [1.29, 1.82) is 0 Å². The van der Waals surface area contributed by atoms with Crippen LogP contribution >= 0.6 is 0 Å². The van der Waals surface area contributed by atoms with E-state index in [-0.39, 0.29) is 17.3 Å². The van der Waals surface area contributed by atoms with Crippen molar-refractivity contribution < 1.29 is 9.52 Å². The van der Waals surface area contributed by atoms with E-state index in [2.05, 4.69) is 0 Å². The lowest BCUT2D eigenvalue weighted by Gasteiger charge is -2.20. The van der Waals surface area contributed by atoms with Gasteiger partial charge in [-0.3, -0.25) is 0 Å². The van der Waals surface area contributed by atoms with Gasteiger partial charge in [0.05, 0.1) is 5.56 Å². The molecule has 2 aromatic rings. The summed E-state index contributed by atoms with van der Waals surface area (Å²) < 4.78 is 5.64. The van der Waals surface area contributed by atoms with Gasteiger partial charge in [0.25, 0.3) is 0 Å². The van der Waals surface area contributed by atoms with Gasteiger partial charge in [0.15, 0.2) is 0 Å². The Bertz CT molecular complexity index is 716. The molecular weight excluding hydrogens is 288 g/mol. The molecule has 0 fully saturated rings. The molecule has 0 radical (unpaired) electrons. The molecule has 1 heterocycles. The molecule has 3 nitrogen and oxygen atoms in total. The van der Waals surface area contributed by atoms with Crippen molar-refractivity contribution in [3.8, 4) is 5.75 Å². The Labute approximate surface area is 137 Å². The lowest BCUT2D eigenvalue weighted by atomic mass is 9.87. The van der Waals surface area contributed by atoms with E-state index in [0.29, 0.717) is 11.3 Å². The Kier molecular flexibility index (Phi) is 4.85. The van der Waals surface area contributed by atoms with E-state index >= 15 is 0 Å². The second-order valence-corrected chi connectivity index (χ2v) is 6.34. The number of benzene rings is 1. The number of fused-ring (bicyclic) bond motifs is 1. The van der Waals surface area contributed by atoms with Crippen LogP contribution in [0.4, 0.5) is 0 Å². The lowest BCUT2D eigenvalue weighted by Crippen LogP contribution is -2.17. The zero-order valence-corrected chi connectivity index (χ0v) is 13.7. The highest BCUT2D eigenvalue weighted by Gasteiger charge is 2.26. The van der Waals surface area contributed by atoms with Crippen LogP contribution in [-0.2, 0) is 12.8 Å². The van der Waals surface area contributed by atoms with E-state index in [0.717, 1.165) is 49.7 Å². The van der Waals surface area contributed by atoms with Crippen molar-refractivity contribution in [3.63, 3.8) is 0 Å². The minimum atomic E-state index is -0.377. The molecule has 1 aromatic heterocycles. The Morgan fingerprint density at radius 1 is 1.09 bits per heavy atom. The molecule has 0 aliphatic heterocycles. The van der Waals surface area contributed by atoms with Crippen LogP contribution in [0, 0.1) is 0 Å². The fraction of sp³-hybridized carbons (Fsp3) is 0.450. The van der Waals surface area contributed by atoms with E-state index in [1.54, 1.807) is 0 Å². The molecule has 1 aliphatic carbocycles. The number of aryl methyl sites for hydroxylation is 1. The summed E-state index contributed by atoms with van der Waals surface area (Å²) in [7, 11) is 0. The van der Waals surface area contributed by atoms with Crippen molar-refractivity contribution in [2.24, 2.45) is 0 Å². The highest BCUT2D eigenvalue weighted by Crippen LogP contribution is 2.36. The molecule has 1 atom stereocenters. The van der Waals surface area contributed by atoms with Gasteiger partial charge in [-0.15, -0.1) is 0 Å². The third-order valence-corrected chi connectivity index (χ3v) is 4.85. The van der Waals surface area contributed by atoms with Gasteiger partial charge in [-0.1, -0.05) is 50.1 Å². The van der Waals surface area contributed by atoms with Crippen molar-refractivity contribution in [2.45, 2.75) is 57.8 Å². The van der Waals surface area contributed by atoms with E-state index in [1.165, 1.54) is 6.42 Å². The van der Waals surface area contributed by atoms with Crippen LogP contribution in [-0.4, -0.2) is 5.11 Å². The van der Waals surface area contributed by atoms with Crippen LogP contribution in [0.3, 0.4) is 0 Å². The zero-order chi connectivity index (χ0) is 16.2. The van der Waals surface area contributed by atoms with Gasteiger partial charge >= 0.3 is 5.63 Å². The van der Waals surface area contributed by atoms with E-state index in [1.807, 2.05) is 37.3 Å². The summed E-state index contributed by atoms with van der Waals surface area (Å²) in [6, 6.07) is 9.89. The molecular formula is C20H24O3. The largest absolute Gasteiger partial charge is 0.507 e. The summed E-state index contributed by atoms with van der Waals surface area (Å²) in [5.74, 6) is 0.746. The van der Waals surface area contributed by atoms with Gasteiger partial charge in [0, 0.05) is 17.9 Å². The Balaban J connectivity index is 2.11. The van der Waals surface area contributed by atoms with Gasteiger partial charge in [0.2, 0.25) is 0 Å². The van der Waals surface area contributed by atoms with Gasteiger partial charge in [0.1, 0.15) is 11.5 Å². The molecule has 23 heavy (non-hydrogen) atoms. The molecule has 1 aromatic carbocycles. The predicted octanol–water partition coefficient (Wildman–Crippen LogP) is 4.55. The van der Waals surface area contributed by atoms with Crippen LogP contribution in [0.15, 0.2) is 39.5 Å². The minimum Gasteiger partial charge on any atom is -0.507 e. The highest BCUT2D eigenvalue weighted by molar-refractivity contribution is 5.46. The monoisotopic (exact) mass is 312 g/mol. The summed E-state index contributed by atoms with van der Waals surface area (Å²) in [4.78, 5) is 12.6. The first kappa shape index (κ1) is 15.9. The van der Waals surface area contributed by atoms with Crippen LogP contribution in [0.1, 0.15) is 67.4 Å². The molecule has 0 spiro atoms. The summed E-state index contributed by atoms with van der Waals surface area (Å²) in [5, 5.41) is 10.8. The van der Waals surface area contributed by atoms with Crippen molar-refractivity contribution >= 4 is 0 Å². The number of hydrogen-bond donors (Lipinski definition) is 1. The summed E-state index contributed by atoms with van der Waals surface area (Å²) >= 11 is 0. The Morgan fingerprint density at radius 2 is 1.78 bits per heavy atom. The fourth-order valence-electron chi connectivity index (χ4n) is 3.62. The molecule has 3 heteroatoms. The molecule has 1 aliphatic rings. The second kappa shape index (κ2) is 7.03. The lowest BCUT2D eigenvalue weighted by molar-refractivity contribution is 0.384. The third-order valence-electron chi connectivity index (χ3n) is 4.85. The van der Waals surface area contributed by atoms with Gasteiger partial charge in [-0.05, 0) is 31.2 Å². The van der Waals surface area contributed by atoms with E-state index < -0.39 is 0 Å². The van der Waals surface area contributed by atoms with Crippen molar-refractivity contribution in [3.05, 3.63) is 63.2 Å². The standard InChI is InChI=1S/C20H24O3/c1-2-15(14-10-6-5-7-11-14)18-19(21)16-12-8-3-4-9-13-17(16)23-20(18)22/h5-7,10-11,15,21H,2-4,8-9,12-13H2,1H3/t15-/m1/s1. The normalized spacial score (nSPS) is 16.2. The van der Waals surface area contributed by atoms with E-state index in [4.69, 9.17) is 4.42 Å². The first-order valence-electron chi connectivity index (χ1n) is 8.65. The topological polar surface area (TPSA) is 50.4 Å². The maximum atomic E-state index is 12.6. The van der Waals surface area contributed by atoms with E-state index in [9.17, 15) is 9.90 Å². The maximum absolute atomic E-state index is 12.6. The molecule has 0 unspecified atom stereocenters. The predicted molar refractivity (Wildman–Crippen MR) is 91.1 cm³/mol. The van der Waals surface area contributed by atoms with Crippen LogP contribution in [0.25, 0.3) is 0 Å². The van der Waals surface area contributed by atoms with Gasteiger partial charge in [-0.2, -0.15) is 0 Å². The Hall–Kier alpha value is -2.03. The van der Waals surface area contributed by atoms with Crippen molar-refractivity contribution in [1.82, 2.24) is 0 Å². The van der Waals surface area contributed by atoms with Gasteiger partial charge in [-0.25, -0.2) is 4.79 Å². The quantitative estimate of drug-likeness (QED) is 0.904. The maximum Gasteiger partial charge on any atom is 0.343 e. The molecule has 1 N–H and O–H groups in total.